The van der Waals surface area contributed by atoms with Crippen molar-refractivity contribution in [3.8, 4) is 17.4 Å². The van der Waals surface area contributed by atoms with Crippen LogP contribution in [0.5, 0.6) is 5.95 Å². The SMILES string of the molecule is Oc1oc(-c2ccc(Br)cc2)nc1C=Nc1nc2ccccc2s1. The van der Waals surface area contributed by atoms with Crippen molar-refractivity contribution in [3.05, 3.63) is 58.7 Å². The number of nitrogens with zero attached hydrogens (tertiary/aromatic N) is 3. The fourth-order valence-corrected chi connectivity index (χ4v) is 3.23. The molecule has 1 N–H and O–H groups in total. The number of rotatable bonds is 3. The van der Waals surface area contributed by atoms with Crippen LogP contribution in [0.3, 0.4) is 0 Å². The van der Waals surface area contributed by atoms with Crippen LogP contribution in [0.25, 0.3) is 21.7 Å². The predicted molar refractivity (Wildman–Crippen MR) is 98.2 cm³/mol. The smallest absolute Gasteiger partial charge is 0.312 e. The number of thiazole rings is 1. The van der Waals surface area contributed by atoms with Gasteiger partial charge in [-0.2, -0.15) is 0 Å². The van der Waals surface area contributed by atoms with E-state index in [-0.39, 0.29) is 11.6 Å². The summed E-state index contributed by atoms with van der Waals surface area (Å²) in [4.78, 5) is 13.0. The third-order valence-corrected chi connectivity index (χ3v) is 4.78. The molecule has 0 saturated carbocycles. The quantitative estimate of drug-likeness (QED) is 0.482. The summed E-state index contributed by atoms with van der Waals surface area (Å²) in [6.07, 6.45) is 1.46. The highest BCUT2D eigenvalue weighted by Gasteiger charge is 2.12. The standard InChI is InChI=1S/C17H10BrN3O2S/c18-11-7-5-10(6-8-11)15-20-13(16(22)23-15)9-19-17-21-12-3-1-2-4-14(12)24-17/h1-9,22H. The van der Waals surface area contributed by atoms with Gasteiger partial charge in [0.15, 0.2) is 5.69 Å². The Hall–Kier alpha value is -2.51. The topological polar surface area (TPSA) is 71.5 Å². The zero-order chi connectivity index (χ0) is 16.5. The summed E-state index contributed by atoms with van der Waals surface area (Å²) in [6, 6.07) is 15.3. The highest BCUT2D eigenvalue weighted by Crippen LogP contribution is 2.29. The van der Waals surface area contributed by atoms with Crippen molar-refractivity contribution in [2.24, 2.45) is 4.99 Å². The number of aromatic hydroxyl groups is 1. The number of aliphatic imine (C=N–C) groups is 1. The maximum Gasteiger partial charge on any atom is 0.312 e. The second-order valence-electron chi connectivity index (χ2n) is 4.94. The van der Waals surface area contributed by atoms with E-state index in [4.69, 9.17) is 4.42 Å². The molecular weight excluding hydrogens is 390 g/mol. The average Bonchev–Trinajstić information content (AvgIpc) is 3.16. The van der Waals surface area contributed by atoms with Crippen molar-refractivity contribution >= 4 is 48.8 Å². The molecule has 0 aliphatic rings. The van der Waals surface area contributed by atoms with Crippen molar-refractivity contribution in [1.29, 1.82) is 0 Å². The Bertz CT molecular complexity index is 1000. The largest absolute Gasteiger partial charge is 0.479 e. The first-order valence-corrected chi connectivity index (χ1v) is 8.65. The number of hydrogen-bond acceptors (Lipinski definition) is 6. The average molecular weight is 400 g/mol. The first-order chi connectivity index (χ1) is 11.7. The first-order valence-electron chi connectivity index (χ1n) is 7.04. The van der Waals surface area contributed by atoms with Crippen molar-refractivity contribution in [1.82, 2.24) is 9.97 Å². The molecule has 0 atom stereocenters. The van der Waals surface area contributed by atoms with E-state index in [1.165, 1.54) is 17.6 Å². The fraction of sp³-hybridized carbons (Fsp3) is 0. The molecule has 0 radical (unpaired) electrons. The van der Waals surface area contributed by atoms with Crippen LogP contribution in [0.1, 0.15) is 5.69 Å². The van der Waals surface area contributed by atoms with Crippen LogP contribution in [0.2, 0.25) is 0 Å². The van der Waals surface area contributed by atoms with Crippen molar-refractivity contribution < 1.29 is 9.52 Å². The number of para-hydroxylation sites is 1. The molecular formula is C17H10BrN3O2S. The summed E-state index contributed by atoms with van der Waals surface area (Å²) >= 11 is 4.85. The molecule has 24 heavy (non-hydrogen) atoms. The summed E-state index contributed by atoms with van der Waals surface area (Å²) in [5, 5.41) is 10.5. The second-order valence-corrected chi connectivity index (χ2v) is 6.86. The Morgan fingerprint density at radius 2 is 1.88 bits per heavy atom. The van der Waals surface area contributed by atoms with E-state index in [1.54, 1.807) is 0 Å². The van der Waals surface area contributed by atoms with Crippen LogP contribution in [0.4, 0.5) is 5.13 Å². The van der Waals surface area contributed by atoms with Gasteiger partial charge in [-0.15, -0.1) is 0 Å². The lowest BCUT2D eigenvalue weighted by molar-refractivity contribution is 0.337. The van der Waals surface area contributed by atoms with Gasteiger partial charge in [0.1, 0.15) is 0 Å². The molecule has 2 aromatic heterocycles. The minimum atomic E-state index is -0.266. The lowest BCUT2D eigenvalue weighted by Crippen LogP contribution is -1.82. The van der Waals surface area contributed by atoms with Gasteiger partial charge in [0.25, 0.3) is 0 Å². The third kappa shape index (κ3) is 2.95. The number of fused-ring (bicyclic) bond motifs is 1. The van der Waals surface area contributed by atoms with E-state index in [0.29, 0.717) is 11.0 Å². The first kappa shape index (κ1) is 15.0. The molecule has 0 saturated heterocycles. The zero-order valence-corrected chi connectivity index (χ0v) is 14.6. The van der Waals surface area contributed by atoms with E-state index in [9.17, 15) is 5.11 Å². The van der Waals surface area contributed by atoms with Crippen LogP contribution in [0.15, 0.2) is 62.4 Å². The Labute approximate surface area is 149 Å². The third-order valence-electron chi connectivity index (χ3n) is 3.31. The summed E-state index contributed by atoms with van der Waals surface area (Å²) in [7, 11) is 0. The van der Waals surface area contributed by atoms with Crippen LogP contribution >= 0.6 is 27.3 Å². The van der Waals surface area contributed by atoms with Crippen molar-refractivity contribution in [2.75, 3.05) is 0 Å². The minimum Gasteiger partial charge on any atom is -0.479 e. The normalized spacial score (nSPS) is 11.5. The molecule has 2 heterocycles. The number of benzene rings is 2. The lowest BCUT2D eigenvalue weighted by Gasteiger charge is -1.94. The molecule has 4 aromatic rings. The predicted octanol–water partition coefficient (Wildman–Crippen LogP) is 5.17. The number of aromatic nitrogens is 2. The van der Waals surface area contributed by atoms with Crippen LogP contribution in [-0.2, 0) is 0 Å². The molecule has 0 unspecified atom stereocenters. The van der Waals surface area contributed by atoms with Gasteiger partial charge in [0.2, 0.25) is 11.0 Å². The molecule has 0 aliphatic heterocycles. The highest BCUT2D eigenvalue weighted by atomic mass is 79.9. The Balaban J connectivity index is 1.63. The summed E-state index contributed by atoms with van der Waals surface area (Å²) in [5.74, 6) is 0.0727. The molecule has 118 valence electrons. The summed E-state index contributed by atoms with van der Waals surface area (Å²) in [6.45, 7) is 0. The van der Waals surface area contributed by atoms with Crippen LogP contribution in [-0.4, -0.2) is 21.3 Å². The molecule has 0 spiro atoms. The fourth-order valence-electron chi connectivity index (χ4n) is 2.16. The van der Waals surface area contributed by atoms with E-state index >= 15 is 0 Å². The Kier molecular flexibility index (Phi) is 3.87. The molecule has 2 aromatic carbocycles. The van der Waals surface area contributed by atoms with Crippen LogP contribution in [0, 0.1) is 0 Å². The molecule has 0 bridgehead atoms. The van der Waals surface area contributed by atoms with Gasteiger partial charge in [0, 0.05) is 10.0 Å². The Morgan fingerprint density at radius 1 is 1.08 bits per heavy atom. The highest BCUT2D eigenvalue weighted by molar-refractivity contribution is 9.10. The van der Waals surface area contributed by atoms with E-state index < -0.39 is 0 Å². The minimum absolute atomic E-state index is 0.266. The summed E-state index contributed by atoms with van der Waals surface area (Å²) in [5.41, 5.74) is 1.94. The molecule has 0 aliphatic carbocycles. The van der Waals surface area contributed by atoms with Crippen molar-refractivity contribution in [2.45, 2.75) is 0 Å². The van der Waals surface area contributed by atoms with Gasteiger partial charge in [-0.3, -0.25) is 0 Å². The van der Waals surface area contributed by atoms with Gasteiger partial charge in [0.05, 0.1) is 16.4 Å². The van der Waals surface area contributed by atoms with E-state index in [0.717, 1.165) is 20.3 Å². The molecule has 0 amide bonds. The molecule has 7 heteroatoms. The molecule has 4 rings (SSSR count). The van der Waals surface area contributed by atoms with E-state index in [2.05, 4.69) is 30.9 Å². The monoisotopic (exact) mass is 399 g/mol. The number of hydrogen-bond donors (Lipinski definition) is 1. The van der Waals surface area contributed by atoms with Gasteiger partial charge in [-0.1, -0.05) is 39.4 Å². The maximum atomic E-state index is 9.92. The number of oxazole rings is 1. The molecule has 0 fully saturated rings. The van der Waals surface area contributed by atoms with Gasteiger partial charge >= 0.3 is 5.95 Å². The van der Waals surface area contributed by atoms with Crippen molar-refractivity contribution in [3.63, 3.8) is 0 Å². The number of halogens is 1. The second kappa shape index (κ2) is 6.18. The Morgan fingerprint density at radius 3 is 2.67 bits per heavy atom. The lowest BCUT2D eigenvalue weighted by atomic mass is 10.2. The van der Waals surface area contributed by atoms with Crippen LogP contribution < -0.4 is 0 Å². The van der Waals surface area contributed by atoms with Gasteiger partial charge < -0.3 is 9.52 Å². The zero-order valence-electron chi connectivity index (χ0n) is 12.2. The van der Waals surface area contributed by atoms with E-state index in [1.807, 2.05) is 48.5 Å². The van der Waals surface area contributed by atoms with Gasteiger partial charge in [-0.25, -0.2) is 15.0 Å². The van der Waals surface area contributed by atoms with Gasteiger partial charge in [-0.05, 0) is 36.4 Å². The molecule has 5 nitrogen and oxygen atoms in total. The summed E-state index contributed by atoms with van der Waals surface area (Å²) < 4.78 is 7.33. The maximum absolute atomic E-state index is 9.92.